The van der Waals surface area contributed by atoms with Crippen LogP contribution in [0.25, 0.3) is 0 Å². The number of hydrogen-bond donors (Lipinski definition) is 1. The molecule has 0 aliphatic carbocycles. The Balaban J connectivity index is 1.51. The van der Waals surface area contributed by atoms with Crippen molar-refractivity contribution in [2.45, 2.75) is 11.4 Å². The molecule has 1 heterocycles. The highest BCUT2D eigenvalue weighted by atomic mass is 32.2. The summed E-state index contributed by atoms with van der Waals surface area (Å²) in [5.74, 6) is -0.208. The monoisotopic (exact) mass is 369 g/mol. The molecule has 26 heavy (non-hydrogen) atoms. The predicted octanol–water partition coefficient (Wildman–Crippen LogP) is 3.00. The summed E-state index contributed by atoms with van der Waals surface area (Å²) in [6.07, 6.45) is 3.68. The standard InChI is InChI=1S/C20H23N3O2S/c1-26-19-8-4-16(5-9-19)14-21-22-20(24)18-6-2-17(3-7-18)15-23-10-12-25-13-11-23/h2-9,14H,10-13,15H2,1H3,(H,22,24)/b21-14+. The van der Waals surface area contributed by atoms with E-state index in [1.807, 2.05) is 54.8 Å². The highest BCUT2D eigenvalue weighted by Gasteiger charge is 2.11. The lowest BCUT2D eigenvalue weighted by Crippen LogP contribution is -2.35. The van der Waals surface area contributed by atoms with Gasteiger partial charge in [0.05, 0.1) is 19.4 Å². The van der Waals surface area contributed by atoms with Crippen molar-refractivity contribution in [2.75, 3.05) is 32.6 Å². The SMILES string of the molecule is CSc1ccc(/C=N/NC(=O)c2ccc(CN3CCOCC3)cc2)cc1. The Morgan fingerprint density at radius 3 is 2.50 bits per heavy atom. The van der Waals surface area contributed by atoms with Gasteiger partial charge in [-0.1, -0.05) is 24.3 Å². The van der Waals surface area contributed by atoms with Gasteiger partial charge in [0.15, 0.2) is 0 Å². The van der Waals surface area contributed by atoms with Crippen LogP contribution in [0, 0.1) is 0 Å². The Morgan fingerprint density at radius 1 is 1.15 bits per heavy atom. The molecule has 1 fully saturated rings. The van der Waals surface area contributed by atoms with Gasteiger partial charge in [-0.05, 0) is 41.6 Å². The van der Waals surface area contributed by atoms with Gasteiger partial charge in [0, 0.05) is 30.1 Å². The molecule has 3 rings (SSSR count). The van der Waals surface area contributed by atoms with Crippen LogP contribution in [-0.2, 0) is 11.3 Å². The molecule has 0 saturated carbocycles. The van der Waals surface area contributed by atoms with Crippen LogP contribution in [0.1, 0.15) is 21.5 Å². The quantitative estimate of drug-likeness (QED) is 0.483. The van der Waals surface area contributed by atoms with Crippen molar-refractivity contribution >= 4 is 23.9 Å². The van der Waals surface area contributed by atoms with E-state index in [-0.39, 0.29) is 5.91 Å². The fourth-order valence-electron chi connectivity index (χ4n) is 2.70. The van der Waals surface area contributed by atoms with E-state index in [0.717, 1.165) is 38.4 Å². The zero-order valence-electron chi connectivity index (χ0n) is 14.9. The van der Waals surface area contributed by atoms with Crippen LogP contribution >= 0.6 is 11.8 Å². The number of hydrogen-bond acceptors (Lipinski definition) is 5. The summed E-state index contributed by atoms with van der Waals surface area (Å²) in [5.41, 5.74) is 5.32. The molecule has 1 amide bonds. The van der Waals surface area contributed by atoms with Crippen LogP contribution < -0.4 is 5.43 Å². The van der Waals surface area contributed by atoms with Crippen molar-refractivity contribution in [3.63, 3.8) is 0 Å². The Morgan fingerprint density at radius 2 is 1.85 bits per heavy atom. The summed E-state index contributed by atoms with van der Waals surface area (Å²) < 4.78 is 5.36. The van der Waals surface area contributed by atoms with Gasteiger partial charge in [0.25, 0.3) is 5.91 Å². The maximum atomic E-state index is 12.2. The Kier molecular flexibility index (Phi) is 6.82. The van der Waals surface area contributed by atoms with Crippen molar-refractivity contribution in [3.8, 4) is 0 Å². The number of carbonyl (C=O) groups excluding carboxylic acids is 1. The normalized spacial score (nSPS) is 15.3. The number of thioether (sulfide) groups is 1. The number of morpholine rings is 1. The number of amides is 1. The van der Waals surface area contributed by atoms with Gasteiger partial charge < -0.3 is 4.74 Å². The van der Waals surface area contributed by atoms with E-state index >= 15 is 0 Å². The first-order valence-electron chi connectivity index (χ1n) is 8.61. The van der Waals surface area contributed by atoms with Crippen molar-refractivity contribution < 1.29 is 9.53 Å². The first-order chi connectivity index (χ1) is 12.7. The number of nitrogens with one attached hydrogen (secondary N) is 1. The van der Waals surface area contributed by atoms with Gasteiger partial charge >= 0.3 is 0 Å². The molecule has 0 bridgehead atoms. The number of ether oxygens (including phenoxy) is 1. The lowest BCUT2D eigenvalue weighted by atomic mass is 10.1. The van der Waals surface area contributed by atoms with Crippen LogP contribution in [0.2, 0.25) is 0 Å². The number of rotatable bonds is 6. The summed E-state index contributed by atoms with van der Waals surface area (Å²) in [4.78, 5) is 15.7. The number of hydrazone groups is 1. The zero-order valence-corrected chi connectivity index (χ0v) is 15.7. The third-order valence-electron chi connectivity index (χ3n) is 4.22. The van der Waals surface area contributed by atoms with Gasteiger partial charge in [-0.25, -0.2) is 5.43 Å². The lowest BCUT2D eigenvalue weighted by Gasteiger charge is -2.26. The summed E-state index contributed by atoms with van der Waals surface area (Å²) >= 11 is 1.69. The second kappa shape index (κ2) is 9.52. The maximum absolute atomic E-state index is 12.2. The molecule has 2 aromatic carbocycles. The predicted molar refractivity (Wildman–Crippen MR) is 106 cm³/mol. The third-order valence-corrected chi connectivity index (χ3v) is 4.97. The van der Waals surface area contributed by atoms with E-state index in [2.05, 4.69) is 15.4 Å². The molecule has 0 spiro atoms. The van der Waals surface area contributed by atoms with Crippen molar-refractivity contribution in [1.29, 1.82) is 0 Å². The van der Waals surface area contributed by atoms with E-state index in [0.29, 0.717) is 5.56 Å². The van der Waals surface area contributed by atoms with E-state index in [9.17, 15) is 4.79 Å². The second-order valence-electron chi connectivity index (χ2n) is 6.06. The Labute approximate surface area is 158 Å². The van der Waals surface area contributed by atoms with Crippen LogP contribution in [0.5, 0.6) is 0 Å². The van der Waals surface area contributed by atoms with Gasteiger partial charge in [-0.2, -0.15) is 5.10 Å². The van der Waals surface area contributed by atoms with Gasteiger partial charge in [-0.3, -0.25) is 9.69 Å². The topological polar surface area (TPSA) is 53.9 Å². The number of nitrogens with zero attached hydrogens (tertiary/aromatic N) is 2. The molecule has 1 aliphatic heterocycles. The fraction of sp³-hybridized carbons (Fsp3) is 0.300. The Hall–Kier alpha value is -2.15. The molecular weight excluding hydrogens is 346 g/mol. The van der Waals surface area contributed by atoms with Gasteiger partial charge in [0.2, 0.25) is 0 Å². The first-order valence-corrected chi connectivity index (χ1v) is 9.83. The summed E-state index contributed by atoms with van der Waals surface area (Å²) in [5, 5.41) is 4.04. The molecule has 0 unspecified atom stereocenters. The van der Waals surface area contributed by atoms with E-state index in [4.69, 9.17) is 4.74 Å². The highest BCUT2D eigenvalue weighted by molar-refractivity contribution is 7.98. The fourth-order valence-corrected chi connectivity index (χ4v) is 3.11. The molecular formula is C20H23N3O2S. The molecule has 0 atom stereocenters. The van der Waals surface area contributed by atoms with E-state index < -0.39 is 0 Å². The third kappa shape index (κ3) is 5.42. The summed E-state index contributed by atoms with van der Waals surface area (Å²) in [6, 6.07) is 15.7. The average molecular weight is 369 g/mol. The van der Waals surface area contributed by atoms with Gasteiger partial charge in [0.1, 0.15) is 0 Å². The molecule has 1 N–H and O–H groups in total. The molecule has 0 aromatic heterocycles. The van der Waals surface area contributed by atoms with Crippen LogP contribution in [0.3, 0.4) is 0 Å². The Bertz CT molecular complexity index is 739. The van der Waals surface area contributed by atoms with Crippen LogP contribution in [0.15, 0.2) is 58.5 Å². The molecule has 136 valence electrons. The minimum absolute atomic E-state index is 0.208. The maximum Gasteiger partial charge on any atom is 0.271 e. The van der Waals surface area contributed by atoms with Crippen molar-refractivity contribution in [1.82, 2.24) is 10.3 Å². The summed E-state index contributed by atoms with van der Waals surface area (Å²) in [6.45, 7) is 4.37. The van der Waals surface area contributed by atoms with Crippen LogP contribution in [-0.4, -0.2) is 49.6 Å². The highest BCUT2D eigenvalue weighted by Crippen LogP contribution is 2.14. The minimum Gasteiger partial charge on any atom is -0.379 e. The van der Waals surface area contributed by atoms with Crippen molar-refractivity contribution in [2.24, 2.45) is 5.10 Å². The molecule has 1 aliphatic rings. The second-order valence-corrected chi connectivity index (χ2v) is 6.94. The van der Waals surface area contributed by atoms with E-state index in [1.54, 1.807) is 18.0 Å². The number of carbonyl (C=O) groups is 1. The molecule has 2 aromatic rings. The van der Waals surface area contributed by atoms with Gasteiger partial charge in [-0.15, -0.1) is 11.8 Å². The molecule has 0 radical (unpaired) electrons. The van der Waals surface area contributed by atoms with E-state index in [1.165, 1.54) is 10.5 Å². The molecule has 1 saturated heterocycles. The number of benzene rings is 2. The first kappa shape index (κ1) is 18.6. The summed E-state index contributed by atoms with van der Waals surface area (Å²) in [7, 11) is 0. The average Bonchev–Trinajstić information content (AvgIpc) is 2.70. The largest absolute Gasteiger partial charge is 0.379 e. The molecule has 5 nitrogen and oxygen atoms in total. The molecule has 6 heteroatoms. The zero-order chi connectivity index (χ0) is 18.2. The lowest BCUT2D eigenvalue weighted by molar-refractivity contribution is 0.0342. The smallest absolute Gasteiger partial charge is 0.271 e. The van der Waals surface area contributed by atoms with Crippen molar-refractivity contribution in [3.05, 3.63) is 65.2 Å². The minimum atomic E-state index is -0.208. The van der Waals surface area contributed by atoms with Crippen LogP contribution in [0.4, 0.5) is 0 Å².